The molecule has 0 aliphatic carbocycles. The van der Waals surface area contributed by atoms with Crippen molar-refractivity contribution in [2.45, 2.75) is 129 Å². The average Bonchev–Trinajstić information content (AvgIpc) is 2.67. The summed E-state index contributed by atoms with van der Waals surface area (Å²) in [6.45, 7) is 2.28. The molecule has 0 rings (SSSR count). The topological polar surface area (TPSA) is 37.3 Å². The first-order chi connectivity index (χ1) is 13.7. The number of carboxylic acids is 1. The molecule has 0 aromatic carbocycles. The van der Waals surface area contributed by atoms with Gasteiger partial charge in [0.1, 0.15) is 0 Å². The van der Waals surface area contributed by atoms with Gasteiger partial charge in [-0.15, -0.1) is 0 Å². The second-order valence-corrected chi connectivity index (χ2v) is 9.00. The van der Waals surface area contributed by atoms with Gasteiger partial charge in [-0.3, -0.25) is 4.79 Å². The number of hydrogen-bond acceptors (Lipinski definition) is 1. The Bertz CT molecular complexity index is 401. The molecule has 0 aliphatic rings. The molecule has 164 valence electrons. The van der Waals surface area contributed by atoms with Crippen molar-refractivity contribution in [1.82, 2.24) is 0 Å². The van der Waals surface area contributed by atoms with E-state index in [1.165, 1.54) is 94.4 Å². The van der Waals surface area contributed by atoms with E-state index in [1.54, 1.807) is 0 Å². The Kier molecular flexibility index (Phi) is 22.3. The molecule has 0 amide bonds. The van der Waals surface area contributed by atoms with Gasteiger partial charge in [-0.25, -0.2) is 0 Å². The number of allylic oxidation sites excluding steroid dienone is 4. The highest BCUT2D eigenvalue weighted by atomic mass is 79.9. The molecule has 0 atom stereocenters. The summed E-state index contributed by atoms with van der Waals surface area (Å²) in [5, 5.41) is 8.60. The first kappa shape index (κ1) is 27.4. The van der Waals surface area contributed by atoms with Crippen molar-refractivity contribution < 1.29 is 9.90 Å². The molecule has 0 spiro atoms. The molecule has 0 saturated heterocycles. The maximum absolute atomic E-state index is 10.4. The van der Waals surface area contributed by atoms with Crippen LogP contribution in [0.4, 0.5) is 0 Å². The molecule has 0 heterocycles. The van der Waals surface area contributed by atoms with Crippen molar-refractivity contribution >= 4 is 21.9 Å². The lowest BCUT2D eigenvalue weighted by Crippen LogP contribution is -1.92. The summed E-state index contributed by atoms with van der Waals surface area (Å²) in [6.07, 6.45) is 30.2. The Hall–Kier alpha value is -0.570. The molecule has 0 radical (unpaired) electrons. The third-order valence-electron chi connectivity index (χ3n) is 5.15. The van der Waals surface area contributed by atoms with E-state index in [-0.39, 0.29) is 6.42 Å². The van der Waals surface area contributed by atoms with Crippen LogP contribution in [0.25, 0.3) is 0 Å². The standard InChI is InChI=1S/C25H45BrO2/c1-2-3-4-5-6-7-8-9-10-11-12-13-14-15-16-17-18-21-24(26)22-19-20-23-25(27)28/h16-17,22H,2-15,18-21,23H2,1H3,(H,27,28). The monoisotopic (exact) mass is 456 g/mol. The molecule has 0 aromatic rings. The third-order valence-corrected chi connectivity index (χ3v) is 5.87. The fraction of sp³-hybridized carbons (Fsp3) is 0.800. The van der Waals surface area contributed by atoms with E-state index >= 15 is 0 Å². The van der Waals surface area contributed by atoms with Crippen LogP contribution < -0.4 is 0 Å². The third kappa shape index (κ3) is 23.5. The Morgan fingerprint density at radius 3 is 1.71 bits per heavy atom. The second-order valence-electron chi connectivity index (χ2n) is 7.98. The van der Waals surface area contributed by atoms with E-state index in [2.05, 4.69) is 41.1 Å². The summed E-state index contributed by atoms with van der Waals surface area (Å²) in [6, 6.07) is 0. The number of unbranched alkanes of at least 4 members (excludes halogenated alkanes) is 14. The summed E-state index contributed by atoms with van der Waals surface area (Å²) in [7, 11) is 0. The van der Waals surface area contributed by atoms with Crippen LogP contribution in [-0.2, 0) is 4.79 Å². The minimum absolute atomic E-state index is 0.260. The van der Waals surface area contributed by atoms with Crippen molar-refractivity contribution in [2.24, 2.45) is 0 Å². The number of hydrogen-bond donors (Lipinski definition) is 1. The minimum atomic E-state index is -0.708. The lowest BCUT2D eigenvalue weighted by atomic mass is 10.0. The number of carboxylic acid groups (broad SMARTS) is 1. The molecule has 0 bridgehead atoms. The van der Waals surface area contributed by atoms with Crippen LogP contribution >= 0.6 is 15.9 Å². The van der Waals surface area contributed by atoms with Crippen molar-refractivity contribution in [2.75, 3.05) is 0 Å². The summed E-state index contributed by atoms with van der Waals surface area (Å²) in [5.41, 5.74) is 0. The van der Waals surface area contributed by atoms with Gasteiger partial charge in [-0.2, -0.15) is 0 Å². The Morgan fingerprint density at radius 1 is 0.679 bits per heavy atom. The molecule has 0 fully saturated rings. The average molecular weight is 458 g/mol. The highest BCUT2D eigenvalue weighted by Gasteiger charge is 1.96. The van der Waals surface area contributed by atoms with Gasteiger partial charge in [0.25, 0.3) is 0 Å². The van der Waals surface area contributed by atoms with Crippen molar-refractivity contribution in [3.05, 3.63) is 22.7 Å². The van der Waals surface area contributed by atoms with Gasteiger partial charge in [-0.05, 0) is 43.0 Å². The fourth-order valence-electron chi connectivity index (χ4n) is 3.35. The molecule has 0 saturated carbocycles. The van der Waals surface area contributed by atoms with Gasteiger partial charge >= 0.3 is 5.97 Å². The summed E-state index contributed by atoms with van der Waals surface area (Å²) in [5.74, 6) is -0.708. The summed E-state index contributed by atoms with van der Waals surface area (Å²) >= 11 is 3.57. The van der Waals surface area contributed by atoms with Gasteiger partial charge in [0.15, 0.2) is 0 Å². The van der Waals surface area contributed by atoms with Gasteiger partial charge in [0.05, 0.1) is 0 Å². The first-order valence-electron chi connectivity index (χ1n) is 11.9. The van der Waals surface area contributed by atoms with Crippen LogP contribution in [0.1, 0.15) is 129 Å². The molecular formula is C25H45BrO2. The van der Waals surface area contributed by atoms with Gasteiger partial charge < -0.3 is 5.11 Å². The lowest BCUT2D eigenvalue weighted by Gasteiger charge is -2.02. The lowest BCUT2D eigenvalue weighted by molar-refractivity contribution is -0.137. The Balaban J connectivity index is 3.27. The molecule has 28 heavy (non-hydrogen) atoms. The molecule has 2 nitrogen and oxygen atoms in total. The van der Waals surface area contributed by atoms with Crippen LogP contribution in [0.2, 0.25) is 0 Å². The molecule has 0 aromatic heterocycles. The van der Waals surface area contributed by atoms with Gasteiger partial charge in [-0.1, -0.05) is 118 Å². The normalized spacial score (nSPS) is 12.1. The van der Waals surface area contributed by atoms with E-state index in [0.29, 0.717) is 0 Å². The maximum Gasteiger partial charge on any atom is 0.303 e. The zero-order valence-electron chi connectivity index (χ0n) is 18.4. The SMILES string of the molecule is CCCCCCCCCCCCCCCC=CCCC(Br)=CCCCC(=O)O. The van der Waals surface area contributed by atoms with Gasteiger partial charge in [0, 0.05) is 6.42 Å². The molecule has 3 heteroatoms. The van der Waals surface area contributed by atoms with Crippen LogP contribution in [0.5, 0.6) is 0 Å². The largest absolute Gasteiger partial charge is 0.481 e. The van der Waals surface area contributed by atoms with Crippen molar-refractivity contribution in [3.8, 4) is 0 Å². The Labute approximate surface area is 183 Å². The highest BCUT2D eigenvalue weighted by Crippen LogP contribution is 2.16. The first-order valence-corrected chi connectivity index (χ1v) is 12.7. The van der Waals surface area contributed by atoms with Crippen molar-refractivity contribution in [3.63, 3.8) is 0 Å². The number of rotatable bonds is 21. The number of carbonyl (C=O) groups is 1. The quantitative estimate of drug-likeness (QED) is 0.138. The Morgan fingerprint density at radius 2 is 1.18 bits per heavy atom. The zero-order chi connectivity index (χ0) is 20.7. The smallest absolute Gasteiger partial charge is 0.303 e. The minimum Gasteiger partial charge on any atom is -0.481 e. The summed E-state index contributed by atoms with van der Waals surface area (Å²) in [4.78, 5) is 10.4. The predicted molar refractivity (Wildman–Crippen MR) is 127 cm³/mol. The van der Waals surface area contributed by atoms with Crippen LogP contribution in [0.3, 0.4) is 0 Å². The van der Waals surface area contributed by atoms with Crippen LogP contribution in [0, 0.1) is 0 Å². The molecule has 1 N–H and O–H groups in total. The maximum atomic E-state index is 10.4. The second kappa shape index (κ2) is 22.7. The molecule has 0 aliphatic heterocycles. The fourth-order valence-corrected chi connectivity index (χ4v) is 3.81. The van der Waals surface area contributed by atoms with E-state index in [1.807, 2.05) is 0 Å². The van der Waals surface area contributed by atoms with E-state index < -0.39 is 5.97 Å². The van der Waals surface area contributed by atoms with E-state index in [9.17, 15) is 4.79 Å². The van der Waals surface area contributed by atoms with Crippen LogP contribution in [-0.4, -0.2) is 11.1 Å². The van der Waals surface area contributed by atoms with Crippen LogP contribution in [0.15, 0.2) is 22.7 Å². The zero-order valence-corrected chi connectivity index (χ0v) is 20.0. The van der Waals surface area contributed by atoms with E-state index in [0.717, 1.165) is 25.7 Å². The predicted octanol–water partition coefficient (Wildman–Crippen LogP) is 9.34. The summed E-state index contributed by atoms with van der Waals surface area (Å²) < 4.78 is 1.20. The van der Waals surface area contributed by atoms with Gasteiger partial charge in [0.2, 0.25) is 0 Å². The number of halogens is 1. The van der Waals surface area contributed by atoms with E-state index in [4.69, 9.17) is 5.11 Å². The van der Waals surface area contributed by atoms with Crippen molar-refractivity contribution in [1.29, 1.82) is 0 Å². The number of aliphatic carboxylic acids is 1. The molecular weight excluding hydrogens is 412 g/mol. The molecule has 0 unspecified atom stereocenters. The highest BCUT2D eigenvalue weighted by molar-refractivity contribution is 9.11.